The molecule has 0 heterocycles. The minimum Gasteiger partial charge on any atom is -0.100 e. The molecule has 0 saturated heterocycles. The van der Waals surface area contributed by atoms with Gasteiger partial charge in [-0.2, -0.15) is 0 Å². The van der Waals surface area contributed by atoms with Gasteiger partial charge in [-0.3, -0.25) is 0 Å². The highest BCUT2D eigenvalue weighted by Gasteiger charge is 2.31. The van der Waals surface area contributed by atoms with Gasteiger partial charge in [-0.15, -0.1) is 6.58 Å². The molecule has 1 fully saturated rings. The Morgan fingerprint density at radius 1 is 1.58 bits per heavy atom. The molecule has 0 spiro atoms. The molecule has 0 N–H and O–H groups in total. The third-order valence-electron chi connectivity index (χ3n) is 3.24. The molecule has 0 heteroatoms. The van der Waals surface area contributed by atoms with Crippen LogP contribution in [0.25, 0.3) is 0 Å². The molecular weight excluding hydrogens is 144 g/mol. The fraction of sp³-hybridized carbons (Fsp3) is 0.833. The van der Waals surface area contributed by atoms with Gasteiger partial charge in [0.2, 0.25) is 0 Å². The zero-order chi connectivity index (χ0) is 9.19. The van der Waals surface area contributed by atoms with Gasteiger partial charge in [-0.25, -0.2) is 0 Å². The third-order valence-corrected chi connectivity index (χ3v) is 3.24. The van der Waals surface area contributed by atoms with Crippen LogP contribution in [0.2, 0.25) is 0 Å². The van der Waals surface area contributed by atoms with Crippen LogP contribution in [0.4, 0.5) is 0 Å². The Labute approximate surface area is 77.1 Å². The summed E-state index contributed by atoms with van der Waals surface area (Å²) in [6.07, 6.45) is 6.88. The summed E-state index contributed by atoms with van der Waals surface area (Å²) in [4.78, 5) is 0. The summed E-state index contributed by atoms with van der Waals surface area (Å²) in [5.74, 6) is 0.958. The van der Waals surface area contributed by atoms with Crippen LogP contribution in [0.3, 0.4) is 0 Å². The molecule has 0 aromatic heterocycles. The van der Waals surface area contributed by atoms with Crippen LogP contribution >= 0.6 is 0 Å². The molecule has 0 aliphatic heterocycles. The average molecular weight is 166 g/mol. The van der Waals surface area contributed by atoms with Crippen molar-refractivity contribution < 1.29 is 0 Å². The summed E-state index contributed by atoms with van der Waals surface area (Å²) in [5, 5.41) is 0. The number of hydrogen-bond acceptors (Lipinski definition) is 0. The van der Waals surface area contributed by atoms with Crippen molar-refractivity contribution in [3.63, 3.8) is 0 Å². The van der Waals surface area contributed by atoms with Crippen molar-refractivity contribution in [2.45, 2.75) is 52.9 Å². The molecule has 12 heavy (non-hydrogen) atoms. The molecule has 1 aliphatic rings. The molecule has 1 aliphatic carbocycles. The van der Waals surface area contributed by atoms with Crippen LogP contribution in [-0.2, 0) is 0 Å². The normalized spacial score (nSPS) is 35.4. The number of hydrogen-bond donors (Lipinski definition) is 0. The Kier molecular flexibility index (Phi) is 2.98. The van der Waals surface area contributed by atoms with Crippen LogP contribution in [0, 0.1) is 11.3 Å². The van der Waals surface area contributed by atoms with E-state index >= 15 is 0 Å². The quantitative estimate of drug-likeness (QED) is 0.552. The Balaban J connectivity index is 2.35. The van der Waals surface area contributed by atoms with Gasteiger partial charge in [0, 0.05) is 0 Å². The molecular formula is C12H22. The second-order valence-electron chi connectivity index (χ2n) is 5.12. The number of allylic oxidation sites excluding steroid dienone is 1. The molecule has 1 rings (SSSR count). The molecule has 2 atom stereocenters. The predicted octanol–water partition coefficient (Wildman–Crippen LogP) is 4.17. The molecule has 1 saturated carbocycles. The number of rotatable bonds is 3. The van der Waals surface area contributed by atoms with Crippen molar-refractivity contribution in [3.05, 3.63) is 12.2 Å². The van der Waals surface area contributed by atoms with Crippen molar-refractivity contribution >= 4 is 0 Å². The largest absolute Gasteiger partial charge is 0.100 e. The van der Waals surface area contributed by atoms with Crippen LogP contribution in [-0.4, -0.2) is 0 Å². The van der Waals surface area contributed by atoms with E-state index in [1.807, 2.05) is 0 Å². The summed E-state index contributed by atoms with van der Waals surface area (Å²) >= 11 is 0. The van der Waals surface area contributed by atoms with Crippen LogP contribution in [0.1, 0.15) is 52.9 Å². The summed E-state index contributed by atoms with van der Waals surface area (Å²) in [5.41, 5.74) is 1.98. The minimum atomic E-state index is 0.637. The van der Waals surface area contributed by atoms with E-state index in [1.165, 1.54) is 37.7 Å². The monoisotopic (exact) mass is 166 g/mol. The molecule has 2 unspecified atom stereocenters. The van der Waals surface area contributed by atoms with Crippen molar-refractivity contribution in [1.82, 2.24) is 0 Å². The van der Waals surface area contributed by atoms with Crippen LogP contribution in [0.15, 0.2) is 12.2 Å². The molecule has 70 valence electrons. The minimum absolute atomic E-state index is 0.637. The Morgan fingerprint density at radius 3 is 2.67 bits per heavy atom. The predicted molar refractivity (Wildman–Crippen MR) is 55.2 cm³/mol. The second kappa shape index (κ2) is 3.64. The van der Waals surface area contributed by atoms with E-state index in [4.69, 9.17) is 0 Å². The summed E-state index contributed by atoms with van der Waals surface area (Å²) in [7, 11) is 0. The van der Waals surface area contributed by atoms with Gasteiger partial charge in [0.15, 0.2) is 0 Å². The first-order chi connectivity index (χ1) is 5.52. The van der Waals surface area contributed by atoms with Crippen molar-refractivity contribution in [3.8, 4) is 0 Å². The van der Waals surface area contributed by atoms with Gasteiger partial charge >= 0.3 is 0 Å². The first-order valence-electron chi connectivity index (χ1n) is 5.16. The van der Waals surface area contributed by atoms with Gasteiger partial charge in [0.1, 0.15) is 0 Å². The maximum atomic E-state index is 3.97. The zero-order valence-corrected chi connectivity index (χ0v) is 8.82. The van der Waals surface area contributed by atoms with E-state index < -0.39 is 0 Å². The fourth-order valence-corrected chi connectivity index (χ4v) is 2.38. The lowest BCUT2D eigenvalue weighted by Gasteiger charge is -2.23. The standard InChI is InChI=1S/C12H22/c1-10(2)5-7-12(4)8-6-11(3)9-12/h11H,1,5-9H2,2-4H3. The SMILES string of the molecule is C=C(C)CCC1(C)CCC(C)C1. The lowest BCUT2D eigenvalue weighted by atomic mass is 9.82. The highest BCUT2D eigenvalue weighted by atomic mass is 14.4. The fourth-order valence-electron chi connectivity index (χ4n) is 2.38. The zero-order valence-electron chi connectivity index (χ0n) is 8.82. The first kappa shape index (κ1) is 9.83. The maximum Gasteiger partial charge on any atom is -0.0320 e. The lowest BCUT2D eigenvalue weighted by Crippen LogP contribution is -2.11. The van der Waals surface area contributed by atoms with Gasteiger partial charge in [0.25, 0.3) is 0 Å². The van der Waals surface area contributed by atoms with Crippen molar-refractivity contribution in [2.75, 3.05) is 0 Å². The van der Waals surface area contributed by atoms with E-state index in [9.17, 15) is 0 Å². The average Bonchev–Trinajstić information content (AvgIpc) is 2.29. The summed E-state index contributed by atoms with van der Waals surface area (Å²) < 4.78 is 0. The highest BCUT2D eigenvalue weighted by molar-refractivity contribution is 4.92. The molecule has 0 amide bonds. The van der Waals surface area contributed by atoms with E-state index in [0.29, 0.717) is 5.41 Å². The maximum absolute atomic E-state index is 3.97. The molecule has 0 radical (unpaired) electrons. The lowest BCUT2D eigenvalue weighted by molar-refractivity contribution is 0.297. The first-order valence-corrected chi connectivity index (χ1v) is 5.16. The van der Waals surface area contributed by atoms with E-state index in [2.05, 4.69) is 27.4 Å². The van der Waals surface area contributed by atoms with Gasteiger partial charge in [-0.05, 0) is 43.9 Å². The van der Waals surface area contributed by atoms with E-state index in [-0.39, 0.29) is 0 Å². The Morgan fingerprint density at radius 2 is 2.25 bits per heavy atom. The second-order valence-corrected chi connectivity index (χ2v) is 5.12. The molecule has 0 bridgehead atoms. The highest BCUT2D eigenvalue weighted by Crippen LogP contribution is 2.44. The summed E-state index contributed by atoms with van der Waals surface area (Å²) in [6, 6.07) is 0. The molecule has 0 aromatic carbocycles. The smallest absolute Gasteiger partial charge is 0.0320 e. The molecule has 0 nitrogen and oxygen atoms in total. The Bertz CT molecular complexity index is 169. The molecule has 0 aromatic rings. The van der Waals surface area contributed by atoms with Gasteiger partial charge in [-0.1, -0.05) is 25.8 Å². The van der Waals surface area contributed by atoms with Crippen LogP contribution in [0.5, 0.6) is 0 Å². The van der Waals surface area contributed by atoms with Gasteiger partial charge < -0.3 is 0 Å². The van der Waals surface area contributed by atoms with E-state index in [1.54, 1.807) is 0 Å². The van der Waals surface area contributed by atoms with E-state index in [0.717, 1.165) is 5.92 Å². The van der Waals surface area contributed by atoms with Gasteiger partial charge in [0.05, 0.1) is 0 Å². The third kappa shape index (κ3) is 2.66. The summed E-state index contributed by atoms with van der Waals surface area (Å²) in [6.45, 7) is 10.9. The topological polar surface area (TPSA) is 0 Å². The van der Waals surface area contributed by atoms with Crippen LogP contribution < -0.4 is 0 Å². The van der Waals surface area contributed by atoms with Crippen molar-refractivity contribution in [1.29, 1.82) is 0 Å². The van der Waals surface area contributed by atoms with Crippen molar-refractivity contribution in [2.24, 2.45) is 11.3 Å². The Hall–Kier alpha value is -0.260.